The fourth-order valence-electron chi connectivity index (χ4n) is 4.95. The van der Waals surface area contributed by atoms with Crippen LogP contribution in [0.5, 0.6) is 17.2 Å². The molecule has 0 fully saturated rings. The molecular weight excluding hydrogens is 510 g/mol. The Hall–Kier alpha value is -2.69. The summed E-state index contributed by atoms with van der Waals surface area (Å²) in [5.41, 5.74) is 3.29. The smallest absolute Gasteiger partial charge is 0.297 e. The summed E-state index contributed by atoms with van der Waals surface area (Å²) < 4.78 is 20.5. The van der Waals surface area contributed by atoms with Crippen LogP contribution in [-0.2, 0) is 0 Å². The van der Waals surface area contributed by atoms with Crippen LogP contribution in [0.15, 0.2) is 46.3 Å². The molecule has 1 heterocycles. The first kappa shape index (κ1) is 34.5. The highest BCUT2D eigenvalue weighted by Crippen LogP contribution is 2.36. The summed E-state index contributed by atoms with van der Waals surface area (Å²) in [5.74, 6) is 1.64. The zero-order valence-corrected chi connectivity index (χ0v) is 27.2. The van der Waals surface area contributed by atoms with Crippen LogP contribution in [0.4, 0.5) is 0 Å². The minimum absolute atomic E-state index is 0.0347. The lowest BCUT2D eigenvalue weighted by Crippen LogP contribution is -2.25. The predicted molar refractivity (Wildman–Crippen MR) is 175 cm³/mol. The van der Waals surface area contributed by atoms with Crippen LogP contribution in [0.3, 0.4) is 0 Å². The summed E-state index contributed by atoms with van der Waals surface area (Å²) in [5, 5.41) is 0.879. The Balaban J connectivity index is 2.34. The molecule has 0 aliphatic rings. The quantitative estimate of drug-likeness (QED) is 0.111. The number of fused-ring (bicyclic) bond motifs is 1. The number of ether oxygens (including phenoxy) is 3. The minimum Gasteiger partial charge on any atom is -0.494 e. The molecule has 2 rings (SSSR count). The van der Waals surface area contributed by atoms with Crippen molar-refractivity contribution in [3.8, 4) is 17.2 Å². The van der Waals surface area contributed by atoms with Gasteiger partial charge in [-0.3, -0.25) is 4.79 Å². The number of aromatic nitrogens is 1. The van der Waals surface area contributed by atoms with Gasteiger partial charge < -0.3 is 18.8 Å². The molecule has 230 valence electrons. The summed E-state index contributed by atoms with van der Waals surface area (Å²) in [6.45, 7) is 16.5. The number of rotatable bonds is 21. The van der Waals surface area contributed by atoms with Gasteiger partial charge in [-0.1, -0.05) is 82.4 Å². The molecule has 0 aliphatic heterocycles. The average Bonchev–Trinajstić information content (AvgIpc) is 2.93. The van der Waals surface area contributed by atoms with Crippen LogP contribution in [0.25, 0.3) is 10.9 Å². The molecule has 0 aliphatic carbocycles. The highest BCUT2D eigenvalue weighted by Gasteiger charge is 2.21. The molecule has 0 saturated carbocycles. The number of benzene rings is 1. The fourth-order valence-corrected chi connectivity index (χ4v) is 4.95. The van der Waals surface area contributed by atoms with Crippen LogP contribution in [0.2, 0.25) is 0 Å². The molecule has 0 N–H and O–H groups in total. The van der Waals surface area contributed by atoms with Gasteiger partial charge in [0.1, 0.15) is 12.4 Å². The predicted octanol–water partition coefficient (Wildman–Crippen LogP) is 10.4. The third kappa shape index (κ3) is 12.0. The molecule has 0 atom stereocenters. The number of allylic oxidation sites excluding steroid dienone is 3. The SMILES string of the molecule is CCCCCCCCOc1ccc2c(OC/C=C(\C)CCC=C(C)C)c(OCCCCCC)c(=O)n(C(C)C)c2c1. The topological polar surface area (TPSA) is 49.7 Å². The molecule has 5 nitrogen and oxygen atoms in total. The Labute approximate surface area is 250 Å². The van der Waals surface area contributed by atoms with Gasteiger partial charge in [0.25, 0.3) is 5.56 Å². The lowest BCUT2D eigenvalue weighted by atomic mass is 10.1. The Morgan fingerprint density at radius 2 is 1.44 bits per heavy atom. The lowest BCUT2D eigenvalue weighted by molar-refractivity contribution is 0.271. The first-order valence-electron chi connectivity index (χ1n) is 16.2. The van der Waals surface area contributed by atoms with Gasteiger partial charge in [0, 0.05) is 17.5 Å². The third-order valence-corrected chi connectivity index (χ3v) is 7.37. The summed E-state index contributed by atoms with van der Waals surface area (Å²) in [6, 6.07) is 5.97. The van der Waals surface area contributed by atoms with Crippen molar-refractivity contribution in [2.45, 2.75) is 132 Å². The van der Waals surface area contributed by atoms with E-state index in [1.165, 1.54) is 49.7 Å². The number of hydrogen-bond donors (Lipinski definition) is 0. The van der Waals surface area contributed by atoms with Gasteiger partial charge in [-0.2, -0.15) is 0 Å². The largest absolute Gasteiger partial charge is 0.494 e. The monoisotopic (exact) mass is 567 g/mol. The van der Waals surface area contributed by atoms with Crippen LogP contribution in [-0.4, -0.2) is 24.4 Å². The number of nitrogens with zero attached hydrogens (tertiary/aromatic N) is 1. The van der Waals surface area contributed by atoms with Crippen LogP contribution >= 0.6 is 0 Å². The molecule has 0 unspecified atom stereocenters. The second kappa shape index (κ2) is 19.4. The number of unbranched alkanes of at least 4 members (excludes halogenated alkanes) is 8. The summed E-state index contributed by atoms with van der Waals surface area (Å²) >= 11 is 0. The Kier molecular flexibility index (Phi) is 16.4. The van der Waals surface area contributed by atoms with Crippen molar-refractivity contribution in [1.82, 2.24) is 4.57 Å². The molecule has 0 radical (unpaired) electrons. The van der Waals surface area contributed by atoms with Crippen molar-refractivity contribution in [2.75, 3.05) is 19.8 Å². The first-order chi connectivity index (χ1) is 19.8. The minimum atomic E-state index is -0.143. The van der Waals surface area contributed by atoms with E-state index in [-0.39, 0.29) is 11.6 Å². The standard InChI is InChI=1S/C36H57NO4/c1-8-10-12-14-15-17-24-39-31-21-22-32-33(27-31)37(29(5)6)36(38)35(40-25-16-13-11-9-2)34(32)41-26-23-30(7)20-18-19-28(3)4/h19,21-23,27,29H,8-18,20,24-26H2,1-7H3/b30-23+. The Morgan fingerprint density at radius 3 is 2.10 bits per heavy atom. The maximum Gasteiger partial charge on any atom is 0.297 e. The fraction of sp³-hybridized carbons (Fsp3) is 0.639. The zero-order chi connectivity index (χ0) is 30.0. The van der Waals surface area contributed by atoms with Crippen molar-refractivity contribution >= 4 is 10.9 Å². The second-order valence-corrected chi connectivity index (χ2v) is 11.8. The summed E-state index contributed by atoms with van der Waals surface area (Å²) in [6.07, 6.45) is 18.0. The van der Waals surface area contributed by atoms with Crippen molar-refractivity contribution in [1.29, 1.82) is 0 Å². The Morgan fingerprint density at radius 1 is 0.805 bits per heavy atom. The van der Waals surface area contributed by atoms with Gasteiger partial charge in [0.05, 0.1) is 18.7 Å². The maximum atomic E-state index is 13.9. The van der Waals surface area contributed by atoms with E-state index in [1.807, 2.05) is 36.6 Å². The molecule has 41 heavy (non-hydrogen) atoms. The maximum absolute atomic E-state index is 13.9. The molecule has 0 saturated heterocycles. The Bertz CT molecular complexity index is 1150. The molecule has 1 aromatic heterocycles. The van der Waals surface area contributed by atoms with Crippen LogP contribution in [0.1, 0.15) is 132 Å². The molecule has 2 aromatic rings. The van der Waals surface area contributed by atoms with E-state index in [2.05, 4.69) is 46.8 Å². The van der Waals surface area contributed by atoms with Gasteiger partial charge in [-0.05, 0) is 78.5 Å². The first-order valence-corrected chi connectivity index (χ1v) is 16.2. The van der Waals surface area contributed by atoms with Gasteiger partial charge in [0.2, 0.25) is 5.75 Å². The van der Waals surface area contributed by atoms with Crippen molar-refractivity contribution in [3.05, 3.63) is 51.9 Å². The van der Waals surface area contributed by atoms with E-state index in [4.69, 9.17) is 14.2 Å². The number of hydrogen-bond acceptors (Lipinski definition) is 4. The summed E-state index contributed by atoms with van der Waals surface area (Å²) in [4.78, 5) is 13.9. The van der Waals surface area contributed by atoms with Gasteiger partial charge in [0.15, 0.2) is 5.75 Å². The zero-order valence-electron chi connectivity index (χ0n) is 27.2. The van der Waals surface area contributed by atoms with E-state index in [9.17, 15) is 4.79 Å². The molecule has 5 heteroatoms. The van der Waals surface area contributed by atoms with E-state index in [1.54, 1.807) is 0 Å². The van der Waals surface area contributed by atoms with Crippen molar-refractivity contribution in [3.63, 3.8) is 0 Å². The van der Waals surface area contributed by atoms with E-state index < -0.39 is 0 Å². The van der Waals surface area contributed by atoms with E-state index in [0.29, 0.717) is 31.3 Å². The van der Waals surface area contributed by atoms with Crippen LogP contribution < -0.4 is 19.8 Å². The van der Waals surface area contributed by atoms with E-state index in [0.717, 1.165) is 55.2 Å². The highest BCUT2D eigenvalue weighted by atomic mass is 16.5. The second-order valence-electron chi connectivity index (χ2n) is 11.8. The van der Waals surface area contributed by atoms with Crippen molar-refractivity contribution < 1.29 is 14.2 Å². The molecule has 1 aromatic carbocycles. The van der Waals surface area contributed by atoms with Gasteiger partial charge >= 0.3 is 0 Å². The van der Waals surface area contributed by atoms with Crippen LogP contribution in [0, 0.1) is 0 Å². The highest BCUT2D eigenvalue weighted by molar-refractivity contribution is 5.89. The van der Waals surface area contributed by atoms with E-state index >= 15 is 0 Å². The molecule has 0 bridgehead atoms. The third-order valence-electron chi connectivity index (χ3n) is 7.37. The molecular formula is C36H57NO4. The van der Waals surface area contributed by atoms with Crippen molar-refractivity contribution in [2.24, 2.45) is 0 Å². The van der Waals surface area contributed by atoms with Gasteiger partial charge in [-0.25, -0.2) is 0 Å². The summed E-state index contributed by atoms with van der Waals surface area (Å²) in [7, 11) is 0. The normalized spacial score (nSPS) is 11.8. The molecule has 0 amide bonds. The van der Waals surface area contributed by atoms with Gasteiger partial charge in [-0.15, -0.1) is 0 Å². The number of pyridine rings is 1. The average molecular weight is 568 g/mol. The molecule has 0 spiro atoms. The lowest BCUT2D eigenvalue weighted by Gasteiger charge is -2.21.